The van der Waals surface area contributed by atoms with E-state index >= 15 is 0 Å². The maximum atomic E-state index is 12.3. The number of nitrogens with zero attached hydrogens (tertiary/aromatic N) is 1. The van der Waals surface area contributed by atoms with E-state index in [2.05, 4.69) is 11.4 Å². The van der Waals surface area contributed by atoms with Crippen molar-refractivity contribution in [3.8, 4) is 11.8 Å². The molecule has 0 heterocycles. The molecule has 1 N–H and O–H groups in total. The SMILES string of the molecule is COc1ccc(Cl)cc1C(=O)NC1(C#N)CCCC1. The van der Waals surface area contributed by atoms with Crippen LogP contribution in [-0.2, 0) is 0 Å². The minimum absolute atomic E-state index is 0.317. The summed E-state index contributed by atoms with van der Waals surface area (Å²) in [6, 6.07) is 7.08. The summed E-state index contributed by atoms with van der Waals surface area (Å²) in [6.45, 7) is 0. The number of methoxy groups -OCH3 is 1. The van der Waals surface area contributed by atoms with Crippen molar-refractivity contribution in [2.45, 2.75) is 31.2 Å². The van der Waals surface area contributed by atoms with E-state index in [9.17, 15) is 10.1 Å². The Kier molecular flexibility index (Phi) is 3.96. The zero-order chi connectivity index (χ0) is 13.9. The highest BCUT2D eigenvalue weighted by Gasteiger charge is 2.36. The number of ether oxygens (including phenoxy) is 1. The monoisotopic (exact) mass is 278 g/mol. The summed E-state index contributed by atoms with van der Waals surface area (Å²) in [4.78, 5) is 12.3. The molecule has 1 amide bonds. The van der Waals surface area contributed by atoms with Gasteiger partial charge in [0.05, 0.1) is 18.7 Å². The molecule has 1 fully saturated rings. The first-order valence-corrected chi connectivity index (χ1v) is 6.55. The van der Waals surface area contributed by atoms with E-state index in [1.165, 1.54) is 7.11 Å². The minimum Gasteiger partial charge on any atom is -0.496 e. The maximum Gasteiger partial charge on any atom is 0.256 e. The zero-order valence-electron chi connectivity index (χ0n) is 10.7. The summed E-state index contributed by atoms with van der Waals surface area (Å²) in [5.41, 5.74) is -0.388. The Bertz CT molecular complexity index is 531. The average molecular weight is 279 g/mol. The lowest BCUT2D eigenvalue weighted by Gasteiger charge is -2.22. The Hall–Kier alpha value is -1.73. The molecular formula is C14H15ClN2O2. The fraction of sp³-hybridized carbons (Fsp3) is 0.429. The molecule has 0 aliphatic heterocycles. The normalized spacial score (nSPS) is 16.7. The van der Waals surface area contributed by atoms with Crippen molar-refractivity contribution in [1.82, 2.24) is 5.32 Å². The Morgan fingerprint density at radius 2 is 2.16 bits per heavy atom. The number of hydrogen-bond acceptors (Lipinski definition) is 3. The van der Waals surface area contributed by atoms with Gasteiger partial charge in [0.15, 0.2) is 0 Å². The van der Waals surface area contributed by atoms with Crippen LogP contribution < -0.4 is 10.1 Å². The van der Waals surface area contributed by atoms with Crippen LogP contribution in [0.4, 0.5) is 0 Å². The van der Waals surface area contributed by atoms with Gasteiger partial charge in [-0.3, -0.25) is 4.79 Å². The maximum absolute atomic E-state index is 12.3. The topological polar surface area (TPSA) is 62.1 Å². The number of amides is 1. The Morgan fingerprint density at radius 3 is 2.74 bits per heavy atom. The lowest BCUT2D eigenvalue weighted by molar-refractivity contribution is 0.0917. The molecular weight excluding hydrogens is 264 g/mol. The van der Waals surface area contributed by atoms with Crippen LogP contribution >= 0.6 is 11.6 Å². The van der Waals surface area contributed by atoms with Crippen molar-refractivity contribution in [3.05, 3.63) is 28.8 Å². The molecule has 0 radical (unpaired) electrons. The molecule has 0 aromatic heterocycles. The van der Waals surface area contributed by atoms with Gasteiger partial charge in [-0.15, -0.1) is 0 Å². The number of nitrogens with one attached hydrogen (secondary N) is 1. The van der Waals surface area contributed by atoms with Crippen molar-refractivity contribution in [3.63, 3.8) is 0 Å². The lowest BCUT2D eigenvalue weighted by atomic mass is 9.99. The van der Waals surface area contributed by atoms with E-state index in [1.54, 1.807) is 18.2 Å². The van der Waals surface area contributed by atoms with Gasteiger partial charge in [-0.1, -0.05) is 11.6 Å². The molecule has 1 aromatic carbocycles. The van der Waals surface area contributed by atoms with Crippen LogP contribution in [0.2, 0.25) is 5.02 Å². The number of nitriles is 1. The van der Waals surface area contributed by atoms with Crippen molar-refractivity contribution < 1.29 is 9.53 Å². The second-order valence-corrected chi connectivity index (χ2v) is 5.14. The van der Waals surface area contributed by atoms with Crippen LogP contribution in [0.15, 0.2) is 18.2 Å². The molecule has 1 saturated carbocycles. The molecule has 0 atom stereocenters. The number of carbonyl (C=O) groups is 1. The lowest BCUT2D eigenvalue weighted by Crippen LogP contribution is -2.45. The molecule has 1 aliphatic carbocycles. The third kappa shape index (κ3) is 2.82. The van der Waals surface area contributed by atoms with Crippen LogP contribution in [0.3, 0.4) is 0 Å². The summed E-state index contributed by atoms with van der Waals surface area (Å²) < 4.78 is 5.15. The van der Waals surface area contributed by atoms with Crippen LogP contribution in [0.25, 0.3) is 0 Å². The molecule has 0 saturated heterocycles. The summed E-state index contributed by atoms with van der Waals surface area (Å²) in [7, 11) is 1.50. The van der Waals surface area contributed by atoms with Gasteiger partial charge in [-0.25, -0.2) is 0 Å². The molecule has 0 spiro atoms. The number of hydrogen-bond donors (Lipinski definition) is 1. The third-order valence-corrected chi connectivity index (χ3v) is 3.67. The van der Waals surface area contributed by atoms with Crippen LogP contribution in [-0.4, -0.2) is 18.6 Å². The predicted octanol–water partition coefficient (Wildman–Crippen LogP) is 2.91. The molecule has 1 aliphatic rings. The molecule has 5 heteroatoms. The third-order valence-electron chi connectivity index (χ3n) is 3.43. The standard InChI is InChI=1S/C14H15ClN2O2/c1-19-12-5-4-10(15)8-11(12)13(18)17-14(9-16)6-2-3-7-14/h4-5,8H,2-3,6-7H2,1H3,(H,17,18). The van der Waals surface area contributed by atoms with E-state index in [-0.39, 0.29) is 5.91 Å². The van der Waals surface area contributed by atoms with Crippen LogP contribution in [0.1, 0.15) is 36.0 Å². The van der Waals surface area contributed by atoms with Gasteiger partial charge in [0, 0.05) is 5.02 Å². The van der Waals surface area contributed by atoms with Gasteiger partial charge in [0.25, 0.3) is 5.91 Å². The largest absolute Gasteiger partial charge is 0.496 e. The second kappa shape index (κ2) is 5.50. The Balaban J connectivity index is 2.25. The molecule has 4 nitrogen and oxygen atoms in total. The second-order valence-electron chi connectivity index (χ2n) is 4.70. The van der Waals surface area contributed by atoms with E-state index in [0.717, 1.165) is 12.8 Å². The van der Waals surface area contributed by atoms with E-state index in [1.807, 2.05) is 0 Å². The van der Waals surface area contributed by atoms with Gasteiger partial charge in [-0.05, 0) is 43.9 Å². The first-order chi connectivity index (χ1) is 9.10. The van der Waals surface area contributed by atoms with E-state index in [0.29, 0.717) is 29.2 Å². The van der Waals surface area contributed by atoms with Crippen molar-refractivity contribution in [2.75, 3.05) is 7.11 Å². The summed E-state index contributed by atoms with van der Waals surface area (Å²) in [5.74, 6) is 0.135. The molecule has 0 unspecified atom stereocenters. The number of halogens is 1. The van der Waals surface area contributed by atoms with Crippen molar-refractivity contribution >= 4 is 17.5 Å². The van der Waals surface area contributed by atoms with E-state index in [4.69, 9.17) is 16.3 Å². The van der Waals surface area contributed by atoms with Crippen molar-refractivity contribution in [2.24, 2.45) is 0 Å². The molecule has 1 aromatic rings. The smallest absolute Gasteiger partial charge is 0.256 e. The highest BCUT2D eigenvalue weighted by Crippen LogP contribution is 2.30. The highest BCUT2D eigenvalue weighted by molar-refractivity contribution is 6.31. The molecule has 0 bridgehead atoms. The Labute approximate surface area is 117 Å². The highest BCUT2D eigenvalue weighted by atomic mass is 35.5. The average Bonchev–Trinajstić information content (AvgIpc) is 2.87. The van der Waals surface area contributed by atoms with Gasteiger partial charge in [0.1, 0.15) is 11.3 Å². The molecule has 100 valence electrons. The predicted molar refractivity (Wildman–Crippen MR) is 72.3 cm³/mol. The van der Waals surface area contributed by atoms with Gasteiger partial charge in [-0.2, -0.15) is 5.26 Å². The summed E-state index contributed by atoms with van der Waals surface area (Å²) in [6.07, 6.45) is 3.30. The van der Waals surface area contributed by atoms with Crippen molar-refractivity contribution in [1.29, 1.82) is 5.26 Å². The first-order valence-electron chi connectivity index (χ1n) is 6.17. The quantitative estimate of drug-likeness (QED) is 0.925. The molecule has 19 heavy (non-hydrogen) atoms. The summed E-state index contributed by atoms with van der Waals surface area (Å²) >= 11 is 5.90. The van der Waals surface area contributed by atoms with Gasteiger partial charge >= 0.3 is 0 Å². The Morgan fingerprint density at radius 1 is 1.47 bits per heavy atom. The number of rotatable bonds is 3. The summed E-state index contributed by atoms with van der Waals surface area (Å²) in [5, 5.41) is 12.6. The first kappa shape index (κ1) is 13.7. The fourth-order valence-electron chi connectivity index (χ4n) is 2.39. The molecule has 2 rings (SSSR count). The van der Waals surface area contributed by atoms with Gasteiger partial charge in [0.2, 0.25) is 0 Å². The number of benzene rings is 1. The van der Waals surface area contributed by atoms with Gasteiger partial charge < -0.3 is 10.1 Å². The van der Waals surface area contributed by atoms with Crippen LogP contribution in [0, 0.1) is 11.3 Å². The van der Waals surface area contributed by atoms with E-state index < -0.39 is 5.54 Å². The number of carbonyl (C=O) groups excluding carboxylic acids is 1. The van der Waals surface area contributed by atoms with Crippen LogP contribution in [0.5, 0.6) is 5.75 Å². The zero-order valence-corrected chi connectivity index (χ0v) is 11.5. The minimum atomic E-state index is -0.746. The fourth-order valence-corrected chi connectivity index (χ4v) is 2.56.